The van der Waals surface area contributed by atoms with Gasteiger partial charge in [-0.2, -0.15) is 0 Å². The molecule has 29 heavy (non-hydrogen) atoms. The molecule has 0 radical (unpaired) electrons. The van der Waals surface area contributed by atoms with Crippen molar-refractivity contribution in [2.75, 3.05) is 31.1 Å². The number of pyridine rings is 1. The predicted octanol–water partition coefficient (Wildman–Crippen LogP) is 2.22. The van der Waals surface area contributed by atoms with Crippen LogP contribution in [-0.4, -0.2) is 62.8 Å². The van der Waals surface area contributed by atoms with Crippen molar-refractivity contribution in [3.63, 3.8) is 0 Å². The number of hydrogen-bond donors (Lipinski definition) is 2. The van der Waals surface area contributed by atoms with E-state index in [2.05, 4.69) is 9.88 Å². The third-order valence-electron chi connectivity index (χ3n) is 5.45. The van der Waals surface area contributed by atoms with Gasteiger partial charge >= 0.3 is 11.9 Å². The van der Waals surface area contributed by atoms with Crippen molar-refractivity contribution in [2.45, 2.75) is 6.04 Å². The molecule has 0 bridgehead atoms. The Morgan fingerprint density at radius 3 is 2.45 bits per heavy atom. The van der Waals surface area contributed by atoms with E-state index in [0.717, 1.165) is 11.3 Å². The van der Waals surface area contributed by atoms with E-state index in [0.29, 0.717) is 37.1 Å². The van der Waals surface area contributed by atoms with E-state index in [9.17, 15) is 19.8 Å². The van der Waals surface area contributed by atoms with Crippen molar-refractivity contribution in [1.82, 2.24) is 14.5 Å². The van der Waals surface area contributed by atoms with Crippen LogP contribution in [0.1, 0.15) is 22.0 Å². The van der Waals surface area contributed by atoms with Gasteiger partial charge in [-0.3, -0.25) is 9.69 Å². The molecule has 0 spiro atoms. The average Bonchev–Trinajstić information content (AvgIpc) is 3.05. The molecule has 8 heteroatoms. The number of rotatable bonds is 5. The van der Waals surface area contributed by atoms with Crippen molar-refractivity contribution in [3.8, 4) is 0 Å². The maximum Gasteiger partial charge on any atom is 0.335 e. The lowest BCUT2D eigenvalue weighted by atomic mass is 10.0. The number of nitrogens with zero attached hydrogens (tertiary/aromatic N) is 4. The first kappa shape index (κ1) is 18.9. The van der Waals surface area contributed by atoms with Gasteiger partial charge in [-0.15, -0.1) is 0 Å². The molecule has 4 rings (SSSR count). The number of fused-ring (bicyclic) bond motifs is 1. The van der Waals surface area contributed by atoms with Crippen molar-refractivity contribution in [2.24, 2.45) is 7.05 Å². The molecule has 3 heterocycles. The van der Waals surface area contributed by atoms with Crippen molar-refractivity contribution >= 4 is 28.7 Å². The molecule has 0 unspecified atom stereocenters. The Morgan fingerprint density at radius 1 is 1.07 bits per heavy atom. The monoisotopic (exact) mass is 394 g/mol. The Morgan fingerprint density at radius 2 is 1.83 bits per heavy atom. The van der Waals surface area contributed by atoms with E-state index in [1.807, 2.05) is 34.7 Å². The SMILES string of the molecule is Cn1cc([C@H](C(=O)O)N2CCN(c3ccccn3)CC2)c2cc(C(=O)O)ccc21. The van der Waals surface area contributed by atoms with E-state index in [4.69, 9.17) is 0 Å². The van der Waals surface area contributed by atoms with E-state index in [1.165, 1.54) is 6.07 Å². The van der Waals surface area contributed by atoms with Gasteiger partial charge in [-0.25, -0.2) is 9.78 Å². The predicted molar refractivity (Wildman–Crippen MR) is 108 cm³/mol. The molecule has 1 atom stereocenters. The lowest BCUT2D eigenvalue weighted by molar-refractivity contribution is -0.143. The molecule has 8 nitrogen and oxygen atoms in total. The summed E-state index contributed by atoms with van der Waals surface area (Å²) in [6, 6.07) is 9.73. The zero-order chi connectivity index (χ0) is 20.5. The normalized spacial score (nSPS) is 16.1. The second-order valence-electron chi connectivity index (χ2n) is 7.18. The molecule has 3 aromatic rings. The highest BCUT2D eigenvalue weighted by atomic mass is 16.4. The Kier molecular flexibility index (Phi) is 4.94. The van der Waals surface area contributed by atoms with Crippen LogP contribution in [0.25, 0.3) is 10.9 Å². The minimum atomic E-state index is -1.03. The quantitative estimate of drug-likeness (QED) is 0.685. The maximum absolute atomic E-state index is 12.2. The number of hydrogen-bond acceptors (Lipinski definition) is 5. The molecule has 1 aliphatic rings. The Bertz CT molecular complexity index is 1060. The van der Waals surface area contributed by atoms with Crippen molar-refractivity contribution < 1.29 is 19.8 Å². The average molecular weight is 394 g/mol. The summed E-state index contributed by atoms with van der Waals surface area (Å²) < 4.78 is 1.84. The van der Waals surface area contributed by atoms with Crippen LogP contribution in [0, 0.1) is 0 Å². The number of carbonyl (C=O) groups is 2. The first-order valence-corrected chi connectivity index (χ1v) is 9.41. The number of piperazine rings is 1. The molecule has 1 aliphatic heterocycles. The topological polar surface area (TPSA) is 98.9 Å². The maximum atomic E-state index is 12.2. The van der Waals surface area contributed by atoms with Crippen LogP contribution >= 0.6 is 0 Å². The summed E-state index contributed by atoms with van der Waals surface area (Å²) in [7, 11) is 1.84. The van der Waals surface area contributed by atoms with E-state index in [1.54, 1.807) is 24.5 Å². The summed E-state index contributed by atoms with van der Waals surface area (Å²) in [5.41, 5.74) is 1.57. The molecule has 1 fully saturated rings. The highest BCUT2D eigenvalue weighted by Crippen LogP contribution is 2.32. The first-order chi connectivity index (χ1) is 14.0. The fourth-order valence-corrected chi connectivity index (χ4v) is 4.01. The van der Waals surface area contributed by atoms with Crippen LogP contribution in [0.3, 0.4) is 0 Å². The third-order valence-corrected chi connectivity index (χ3v) is 5.45. The molecule has 150 valence electrons. The standard InChI is InChI=1S/C21H22N4O4/c1-23-13-16(15-12-14(20(26)27)5-6-17(15)23)19(21(28)29)25-10-8-24(9-11-25)18-4-2-3-7-22-18/h2-7,12-13,19H,8-11H2,1H3,(H,26,27)(H,28,29)/t19-/m1/s1. The molecule has 2 aromatic heterocycles. The summed E-state index contributed by atoms with van der Waals surface area (Å²) in [6.07, 6.45) is 3.54. The van der Waals surface area contributed by atoms with Crippen LogP contribution in [-0.2, 0) is 11.8 Å². The summed E-state index contributed by atoms with van der Waals surface area (Å²) in [5, 5.41) is 20.0. The van der Waals surface area contributed by atoms with E-state index in [-0.39, 0.29) is 5.56 Å². The zero-order valence-electron chi connectivity index (χ0n) is 16.0. The third kappa shape index (κ3) is 3.54. The smallest absolute Gasteiger partial charge is 0.335 e. The van der Waals surface area contributed by atoms with Crippen LogP contribution in [0.5, 0.6) is 0 Å². The summed E-state index contributed by atoms with van der Waals surface area (Å²) in [6.45, 7) is 2.49. The van der Waals surface area contributed by atoms with Gasteiger partial charge in [0.1, 0.15) is 11.9 Å². The van der Waals surface area contributed by atoms with Crippen LogP contribution in [0.15, 0.2) is 48.8 Å². The van der Waals surface area contributed by atoms with Crippen molar-refractivity contribution in [1.29, 1.82) is 0 Å². The summed E-state index contributed by atoms with van der Waals surface area (Å²) in [4.78, 5) is 32.1. The molecule has 0 amide bonds. The van der Waals surface area contributed by atoms with Gasteiger partial charge in [0.15, 0.2) is 0 Å². The number of carboxylic acids is 2. The summed E-state index contributed by atoms with van der Waals surface area (Å²) >= 11 is 0. The Labute approximate surface area is 167 Å². The van der Waals surface area contributed by atoms with Gasteiger partial charge < -0.3 is 19.7 Å². The zero-order valence-corrected chi connectivity index (χ0v) is 16.0. The fraction of sp³-hybridized carbons (Fsp3) is 0.286. The van der Waals surface area contributed by atoms with Gasteiger partial charge in [0, 0.05) is 62.1 Å². The van der Waals surface area contributed by atoms with Gasteiger partial charge in [0.25, 0.3) is 0 Å². The number of benzene rings is 1. The highest BCUT2D eigenvalue weighted by Gasteiger charge is 2.33. The molecular weight excluding hydrogens is 372 g/mol. The molecular formula is C21H22N4O4. The van der Waals surface area contributed by atoms with Crippen molar-refractivity contribution in [3.05, 3.63) is 59.9 Å². The second-order valence-corrected chi connectivity index (χ2v) is 7.18. The molecule has 1 aromatic carbocycles. The first-order valence-electron chi connectivity index (χ1n) is 9.41. The second kappa shape index (κ2) is 7.56. The van der Waals surface area contributed by atoms with E-state index >= 15 is 0 Å². The molecule has 1 saturated heterocycles. The van der Waals surface area contributed by atoms with Crippen LogP contribution < -0.4 is 4.90 Å². The molecule has 0 aliphatic carbocycles. The Balaban J connectivity index is 1.64. The van der Waals surface area contributed by atoms with Gasteiger partial charge in [0.2, 0.25) is 0 Å². The highest BCUT2D eigenvalue weighted by molar-refractivity contribution is 5.96. The van der Waals surface area contributed by atoms with Gasteiger partial charge in [-0.05, 0) is 30.3 Å². The van der Waals surface area contributed by atoms with Crippen LogP contribution in [0.2, 0.25) is 0 Å². The number of aromatic nitrogens is 2. The van der Waals surface area contributed by atoms with Gasteiger partial charge in [0.05, 0.1) is 5.56 Å². The minimum Gasteiger partial charge on any atom is -0.480 e. The summed E-state index contributed by atoms with van der Waals surface area (Å²) in [5.74, 6) is -1.09. The van der Waals surface area contributed by atoms with E-state index < -0.39 is 18.0 Å². The minimum absolute atomic E-state index is 0.147. The molecule has 2 N–H and O–H groups in total. The largest absolute Gasteiger partial charge is 0.480 e. The molecule has 0 saturated carbocycles. The number of anilines is 1. The van der Waals surface area contributed by atoms with Crippen LogP contribution in [0.4, 0.5) is 5.82 Å². The lowest BCUT2D eigenvalue weighted by Crippen LogP contribution is -2.49. The number of aliphatic carboxylic acids is 1. The lowest BCUT2D eigenvalue weighted by Gasteiger charge is -2.38. The fourth-order valence-electron chi connectivity index (χ4n) is 4.01. The number of carboxylic acid groups (broad SMARTS) is 2. The number of aromatic carboxylic acids is 1. The van der Waals surface area contributed by atoms with Gasteiger partial charge in [-0.1, -0.05) is 6.07 Å². The Hall–Kier alpha value is -3.39. The number of aryl methyl sites for hydroxylation is 1.